The molecular formula is C14H9BrClN3O. The second-order valence-electron chi connectivity index (χ2n) is 4.31. The summed E-state index contributed by atoms with van der Waals surface area (Å²) in [6.07, 6.45) is 0. The number of nitrogens with two attached hydrogens (primary N) is 1. The number of carbonyl (C=O) groups is 1. The minimum Gasteiger partial charge on any atom is -0.366 e. The molecule has 0 fully saturated rings. The lowest BCUT2D eigenvalue weighted by atomic mass is 10.1. The summed E-state index contributed by atoms with van der Waals surface area (Å²) in [4.78, 5) is 18.9. The number of carbonyl (C=O) groups excluding carboxylic acids is 1. The fourth-order valence-electron chi connectivity index (χ4n) is 2.00. The Hall–Kier alpha value is -1.85. The highest BCUT2D eigenvalue weighted by atomic mass is 79.9. The van der Waals surface area contributed by atoms with Crippen molar-refractivity contribution in [1.82, 2.24) is 9.97 Å². The first kappa shape index (κ1) is 13.1. The Labute approximate surface area is 128 Å². The molecule has 0 aliphatic heterocycles. The molecule has 0 spiro atoms. The molecule has 3 N–H and O–H groups in total. The number of rotatable bonds is 2. The Morgan fingerprint density at radius 2 is 2.10 bits per heavy atom. The Morgan fingerprint density at radius 1 is 1.30 bits per heavy atom. The number of halogens is 2. The second-order valence-corrected chi connectivity index (χ2v) is 5.61. The largest absolute Gasteiger partial charge is 0.366 e. The normalized spacial score (nSPS) is 10.9. The summed E-state index contributed by atoms with van der Waals surface area (Å²) >= 11 is 9.44. The summed E-state index contributed by atoms with van der Waals surface area (Å²) in [6, 6.07) is 10.6. The van der Waals surface area contributed by atoms with Gasteiger partial charge in [-0.1, -0.05) is 23.7 Å². The predicted molar refractivity (Wildman–Crippen MR) is 82.8 cm³/mol. The van der Waals surface area contributed by atoms with Gasteiger partial charge in [0.15, 0.2) is 0 Å². The SMILES string of the molecule is NC(=O)c1cccc(-c2nc3c(Br)cc(Cl)cc3[nH]2)c1. The molecule has 1 aromatic heterocycles. The van der Waals surface area contributed by atoms with Crippen molar-refractivity contribution >= 4 is 44.5 Å². The lowest BCUT2D eigenvalue weighted by molar-refractivity contribution is 0.100. The third-order valence-electron chi connectivity index (χ3n) is 2.93. The molecule has 0 atom stereocenters. The molecule has 0 bridgehead atoms. The van der Waals surface area contributed by atoms with Crippen LogP contribution in [0.3, 0.4) is 0 Å². The molecule has 100 valence electrons. The molecule has 0 unspecified atom stereocenters. The lowest BCUT2D eigenvalue weighted by Crippen LogP contribution is -2.10. The third-order valence-corrected chi connectivity index (χ3v) is 3.75. The maximum absolute atomic E-state index is 11.2. The van der Waals surface area contributed by atoms with Crippen LogP contribution in [-0.4, -0.2) is 15.9 Å². The number of aromatic nitrogens is 2. The van der Waals surface area contributed by atoms with E-state index in [9.17, 15) is 4.79 Å². The number of hydrogen-bond acceptors (Lipinski definition) is 2. The minimum absolute atomic E-state index is 0.444. The van der Waals surface area contributed by atoms with Crippen LogP contribution in [0.1, 0.15) is 10.4 Å². The maximum atomic E-state index is 11.2. The van der Waals surface area contributed by atoms with Crippen molar-refractivity contribution in [1.29, 1.82) is 0 Å². The molecule has 3 rings (SSSR count). The number of hydrogen-bond donors (Lipinski definition) is 2. The standard InChI is InChI=1S/C14H9BrClN3O/c15-10-5-9(16)6-11-12(10)19-14(18-11)8-3-1-2-7(4-8)13(17)20/h1-6H,(H2,17,20)(H,18,19). The van der Waals surface area contributed by atoms with E-state index in [-0.39, 0.29) is 0 Å². The number of nitrogens with one attached hydrogen (secondary N) is 1. The number of nitrogens with zero attached hydrogens (tertiary/aromatic N) is 1. The summed E-state index contributed by atoms with van der Waals surface area (Å²) in [7, 11) is 0. The molecule has 20 heavy (non-hydrogen) atoms. The number of aromatic amines is 1. The number of imidazole rings is 1. The minimum atomic E-state index is -0.466. The highest BCUT2D eigenvalue weighted by molar-refractivity contribution is 9.10. The van der Waals surface area contributed by atoms with E-state index >= 15 is 0 Å². The van der Waals surface area contributed by atoms with Crippen LogP contribution in [0.2, 0.25) is 5.02 Å². The summed E-state index contributed by atoms with van der Waals surface area (Å²) in [5, 5.41) is 0.616. The number of primary amides is 1. The van der Waals surface area contributed by atoms with Crippen LogP contribution in [0, 0.1) is 0 Å². The van der Waals surface area contributed by atoms with Crippen molar-refractivity contribution in [2.75, 3.05) is 0 Å². The Morgan fingerprint density at radius 3 is 2.85 bits per heavy atom. The monoisotopic (exact) mass is 349 g/mol. The Bertz CT molecular complexity index is 828. The smallest absolute Gasteiger partial charge is 0.248 e. The molecule has 0 aliphatic carbocycles. The molecule has 6 heteroatoms. The molecule has 0 saturated heterocycles. The fourth-order valence-corrected chi connectivity index (χ4v) is 2.90. The van der Waals surface area contributed by atoms with E-state index in [2.05, 4.69) is 25.9 Å². The van der Waals surface area contributed by atoms with Gasteiger partial charge in [-0.25, -0.2) is 4.98 Å². The van der Waals surface area contributed by atoms with Gasteiger partial charge in [0.25, 0.3) is 0 Å². The number of amides is 1. The zero-order valence-corrected chi connectivity index (χ0v) is 12.5. The van der Waals surface area contributed by atoms with Gasteiger partial charge in [-0.05, 0) is 40.2 Å². The van der Waals surface area contributed by atoms with Crippen LogP contribution in [0.5, 0.6) is 0 Å². The highest BCUT2D eigenvalue weighted by Gasteiger charge is 2.10. The zero-order chi connectivity index (χ0) is 14.3. The average Bonchev–Trinajstić information content (AvgIpc) is 2.83. The number of fused-ring (bicyclic) bond motifs is 1. The molecule has 2 aromatic carbocycles. The van der Waals surface area contributed by atoms with Crippen molar-refractivity contribution in [3.8, 4) is 11.4 Å². The van der Waals surface area contributed by atoms with Gasteiger partial charge in [0.1, 0.15) is 11.3 Å². The Balaban J connectivity index is 2.17. The molecular weight excluding hydrogens is 342 g/mol. The molecule has 4 nitrogen and oxygen atoms in total. The third kappa shape index (κ3) is 2.30. The summed E-state index contributed by atoms with van der Waals surface area (Å²) in [5.74, 6) is 0.193. The zero-order valence-electron chi connectivity index (χ0n) is 10.2. The van der Waals surface area contributed by atoms with E-state index in [1.165, 1.54) is 0 Å². The first-order valence-corrected chi connectivity index (χ1v) is 6.97. The van der Waals surface area contributed by atoms with Gasteiger partial charge in [-0.3, -0.25) is 4.79 Å². The van der Waals surface area contributed by atoms with Gasteiger partial charge in [-0.15, -0.1) is 0 Å². The Kier molecular flexibility index (Phi) is 3.23. The van der Waals surface area contributed by atoms with Gasteiger partial charge in [0, 0.05) is 20.6 Å². The quantitative estimate of drug-likeness (QED) is 0.739. The number of H-pyrrole nitrogens is 1. The predicted octanol–water partition coefficient (Wildman–Crippen LogP) is 3.74. The van der Waals surface area contributed by atoms with E-state index in [4.69, 9.17) is 17.3 Å². The van der Waals surface area contributed by atoms with Gasteiger partial charge >= 0.3 is 0 Å². The van der Waals surface area contributed by atoms with Gasteiger partial charge in [-0.2, -0.15) is 0 Å². The van der Waals surface area contributed by atoms with E-state index < -0.39 is 5.91 Å². The van der Waals surface area contributed by atoms with Crippen LogP contribution >= 0.6 is 27.5 Å². The van der Waals surface area contributed by atoms with Crippen molar-refractivity contribution in [2.24, 2.45) is 5.73 Å². The lowest BCUT2D eigenvalue weighted by Gasteiger charge is -1.99. The van der Waals surface area contributed by atoms with Crippen molar-refractivity contribution in [3.63, 3.8) is 0 Å². The van der Waals surface area contributed by atoms with Crippen LogP contribution < -0.4 is 5.73 Å². The van der Waals surface area contributed by atoms with Gasteiger partial charge in [0.2, 0.25) is 5.91 Å². The molecule has 3 aromatic rings. The summed E-state index contributed by atoms with van der Waals surface area (Å²) in [6.45, 7) is 0. The number of benzene rings is 2. The summed E-state index contributed by atoms with van der Waals surface area (Å²) < 4.78 is 0.813. The van der Waals surface area contributed by atoms with Crippen molar-refractivity contribution in [3.05, 3.63) is 51.5 Å². The van der Waals surface area contributed by atoms with Crippen molar-refractivity contribution < 1.29 is 4.79 Å². The fraction of sp³-hybridized carbons (Fsp3) is 0. The molecule has 1 heterocycles. The van der Waals surface area contributed by atoms with Crippen LogP contribution in [0.15, 0.2) is 40.9 Å². The van der Waals surface area contributed by atoms with Gasteiger partial charge < -0.3 is 10.7 Å². The molecule has 0 saturated carbocycles. The second kappa shape index (κ2) is 4.92. The summed E-state index contributed by atoms with van der Waals surface area (Å²) in [5.41, 5.74) is 8.13. The van der Waals surface area contributed by atoms with E-state index in [0.717, 1.165) is 21.1 Å². The van der Waals surface area contributed by atoms with Crippen LogP contribution in [-0.2, 0) is 0 Å². The average molecular weight is 351 g/mol. The van der Waals surface area contributed by atoms with Crippen molar-refractivity contribution in [2.45, 2.75) is 0 Å². The van der Waals surface area contributed by atoms with Crippen LogP contribution in [0.4, 0.5) is 0 Å². The topological polar surface area (TPSA) is 71.8 Å². The maximum Gasteiger partial charge on any atom is 0.248 e. The highest BCUT2D eigenvalue weighted by Crippen LogP contribution is 2.29. The van der Waals surface area contributed by atoms with Gasteiger partial charge in [0.05, 0.1) is 5.52 Å². The molecule has 0 radical (unpaired) electrons. The first-order valence-electron chi connectivity index (χ1n) is 5.79. The first-order chi connectivity index (χ1) is 9.54. The van der Waals surface area contributed by atoms with Crippen LogP contribution in [0.25, 0.3) is 22.4 Å². The molecule has 0 aliphatic rings. The van der Waals surface area contributed by atoms with E-state index in [1.807, 2.05) is 6.07 Å². The molecule has 1 amide bonds. The van der Waals surface area contributed by atoms with E-state index in [0.29, 0.717) is 16.4 Å². The van der Waals surface area contributed by atoms with E-state index in [1.54, 1.807) is 30.3 Å².